The zero-order valence-corrected chi connectivity index (χ0v) is 9.17. The lowest BCUT2D eigenvalue weighted by atomic mass is 10.1. The lowest BCUT2D eigenvalue weighted by Crippen LogP contribution is -2.07. The number of ketones is 1. The van der Waals surface area contributed by atoms with Crippen molar-refractivity contribution in [3.05, 3.63) is 0 Å². The normalized spacial score (nSPS) is 9.86. The van der Waals surface area contributed by atoms with Gasteiger partial charge in [-0.15, -0.1) is 0 Å². The Hall–Kier alpha value is -0.860. The van der Waals surface area contributed by atoms with Gasteiger partial charge in [-0.2, -0.15) is 0 Å². The van der Waals surface area contributed by atoms with E-state index in [1.807, 2.05) is 0 Å². The number of esters is 1. The number of carbonyl (C=O) groups excluding carboxylic acids is 2. The minimum atomic E-state index is -0.267. The molecule has 0 fully saturated rings. The maximum atomic E-state index is 11.2. The molecule has 0 amide bonds. The quantitative estimate of drug-likeness (QED) is 0.446. The molecule has 0 aromatic carbocycles. The van der Waals surface area contributed by atoms with E-state index in [1.165, 1.54) is 0 Å². The Morgan fingerprint density at radius 2 is 1.71 bits per heavy atom. The molecular weight excluding hydrogens is 180 g/mol. The molecule has 0 aliphatic heterocycles. The Kier molecular flexibility index (Phi) is 8.19. The fraction of sp³-hybridized carbons (Fsp3) is 0.818. The number of rotatable bonds is 8. The number of hydrogen-bond acceptors (Lipinski definition) is 3. The number of hydrogen-bond donors (Lipinski definition) is 0. The molecule has 0 atom stereocenters. The van der Waals surface area contributed by atoms with Gasteiger partial charge >= 0.3 is 5.97 Å². The fourth-order valence-corrected chi connectivity index (χ4v) is 1.17. The minimum absolute atomic E-state index is 0.173. The van der Waals surface area contributed by atoms with Crippen LogP contribution in [0.15, 0.2) is 0 Å². The molecule has 0 spiro atoms. The van der Waals surface area contributed by atoms with Crippen molar-refractivity contribution >= 4 is 11.8 Å². The van der Waals surface area contributed by atoms with Crippen molar-refractivity contribution in [3.63, 3.8) is 0 Å². The summed E-state index contributed by atoms with van der Waals surface area (Å²) in [5.41, 5.74) is 0. The van der Waals surface area contributed by atoms with Crippen LogP contribution in [0.1, 0.15) is 52.4 Å². The smallest absolute Gasteiger partial charge is 0.306 e. The van der Waals surface area contributed by atoms with Gasteiger partial charge in [0, 0.05) is 12.8 Å². The van der Waals surface area contributed by atoms with Crippen molar-refractivity contribution in [1.29, 1.82) is 0 Å². The van der Waals surface area contributed by atoms with Crippen LogP contribution in [-0.2, 0) is 14.3 Å². The van der Waals surface area contributed by atoms with E-state index < -0.39 is 0 Å². The van der Waals surface area contributed by atoms with Gasteiger partial charge in [-0.1, -0.05) is 19.8 Å². The van der Waals surface area contributed by atoms with E-state index in [2.05, 4.69) is 6.92 Å². The van der Waals surface area contributed by atoms with Gasteiger partial charge in [-0.3, -0.25) is 9.59 Å². The minimum Gasteiger partial charge on any atom is -0.466 e. The Morgan fingerprint density at radius 3 is 2.29 bits per heavy atom. The summed E-state index contributed by atoms with van der Waals surface area (Å²) in [4.78, 5) is 22.1. The molecule has 0 aliphatic carbocycles. The summed E-state index contributed by atoms with van der Waals surface area (Å²) in [5.74, 6) is -0.0946. The van der Waals surface area contributed by atoms with Crippen LogP contribution in [0, 0.1) is 0 Å². The first kappa shape index (κ1) is 13.1. The molecule has 82 valence electrons. The Morgan fingerprint density at radius 1 is 1.00 bits per heavy atom. The van der Waals surface area contributed by atoms with Crippen LogP contribution in [0.3, 0.4) is 0 Å². The van der Waals surface area contributed by atoms with Crippen molar-refractivity contribution in [3.8, 4) is 0 Å². The molecule has 0 unspecified atom stereocenters. The number of unbranched alkanes of at least 4 members (excludes halogenated alkanes) is 2. The van der Waals surface area contributed by atoms with Crippen LogP contribution in [0.25, 0.3) is 0 Å². The molecule has 0 aliphatic rings. The second-order valence-electron chi connectivity index (χ2n) is 3.30. The first-order chi connectivity index (χ1) is 6.70. The van der Waals surface area contributed by atoms with Gasteiger partial charge in [-0.05, 0) is 13.3 Å². The van der Waals surface area contributed by atoms with E-state index in [4.69, 9.17) is 4.74 Å². The Bertz CT molecular complexity index is 175. The van der Waals surface area contributed by atoms with Crippen LogP contribution < -0.4 is 0 Å². The topological polar surface area (TPSA) is 43.4 Å². The average Bonchev–Trinajstić information content (AvgIpc) is 2.16. The number of ether oxygens (including phenoxy) is 1. The molecule has 3 heteroatoms. The van der Waals surface area contributed by atoms with Crippen LogP contribution in [0.2, 0.25) is 0 Å². The molecular formula is C11H20O3. The maximum Gasteiger partial charge on any atom is 0.306 e. The van der Waals surface area contributed by atoms with E-state index in [-0.39, 0.29) is 18.2 Å². The zero-order chi connectivity index (χ0) is 10.8. The molecule has 0 saturated carbocycles. The molecule has 0 radical (unpaired) electrons. The zero-order valence-electron chi connectivity index (χ0n) is 9.17. The van der Waals surface area contributed by atoms with Crippen LogP contribution in [0.5, 0.6) is 0 Å². The van der Waals surface area contributed by atoms with Crippen LogP contribution in [-0.4, -0.2) is 18.4 Å². The highest BCUT2D eigenvalue weighted by atomic mass is 16.5. The molecule has 0 bridgehead atoms. The van der Waals surface area contributed by atoms with Crippen LogP contribution in [0.4, 0.5) is 0 Å². The molecule has 0 N–H and O–H groups in total. The van der Waals surface area contributed by atoms with E-state index in [0.717, 1.165) is 19.3 Å². The van der Waals surface area contributed by atoms with Crippen molar-refractivity contribution in [2.24, 2.45) is 0 Å². The predicted molar refractivity (Wildman–Crippen MR) is 55.0 cm³/mol. The third-order valence-corrected chi connectivity index (χ3v) is 1.97. The fourth-order valence-electron chi connectivity index (χ4n) is 1.17. The molecule has 14 heavy (non-hydrogen) atoms. The number of carbonyl (C=O) groups is 2. The van der Waals surface area contributed by atoms with E-state index in [9.17, 15) is 9.59 Å². The standard InChI is InChI=1S/C11H20O3/c1-3-5-6-7-10(12)8-9-11(13)14-4-2/h3-9H2,1-2H3. The van der Waals surface area contributed by atoms with Crippen molar-refractivity contribution in [2.75, 3.05) is 6.61 Å². The first-order valence-corrected chi connectivity index (χ1v) is 5.38. The monoisotopic (exact) mass is 200 g/mol. The second-order valence-corrected chi connectivity index (χ2v) is 3.30. The molecule has 0 aromatic rings. The van der Waals surface area contributed by atoms with Gasteiger partial charge in [0.1, 0.15) is 5.78 Å². The van der Waals surface area contributed by atoms with Gasteiger partial charge < -0.3 is 4.74 Å². The summed E-state index contributed by atoms with van der Waals surface area (Å²) < 4.78 is 4.73. The van der Waals surface area contributed by atoms with Crippen molar-refractivity contribution in [1.82, 2.24) is 0 Å². The lowest BCUT2D eigenvalue weighted by molar-refractivity contribution is -0.144. The highest BCUT2D eigenvalue weighted by molar-refractivity contribution is 5.82. The molecule has 0 aromatic heterocycles. The summed E-state index contributed by atoms with van der Waals surface area (Å²) in [6.45, 7) is 4.26. The van der Waals surface area contributed by atoms with E-state index in [0.29, 0.717) is 19.4 Å². The average molecular weight is 200 g/mol. The van der Waals surface area contributed by atoms with Gasteiger partial charge in [-0.25, -0.2) is 0 Å². The van der Waals surface area contributed by atoms with E-state index in [1.54, 1.807) is 6.92 Å². The van der Waals surface area contributed by atoms with Crippen LogP contribution >= 0.6 is 0 Å². The Balaban J connectivity index is 3.39. The Labute approximate surface area is 85.8 Å². The molecule has 0 rings (SSSR count). The van der Waals surface area contributed by atoms with E-state index >= 15 is 0 Å². The number of Topliss-reactive ketones (excluding diaryl/α,β-unsaturated/α-hetero) is 1. The largest absolute Gasteiger partial charge is 0.466 e. The SMILES string of the molecule is CCCCCC(=O)CCC(=O)OCC. The summed E-state index contributed by atoms with van der Waals surface area (Å²) in [7, 11) is 0. The maximum absolute atomic E-state index is 11.2. The van der Waals surface area contributed by atoms with Gasteiger partial charge in [0.2, 0.25) is 0 Å². The molecule has 3 nitrogen and oxygen atoms in total. The third kappa shape index (κ3) is 7.77. The summed E-state index contributed by atoms with van der Waals surface area (Å²) in [6, 6.07) is 0. The molecule has 0 saturated heterocycles. The van der Waals surface area contributed by atoms with Crippen molar-refractivity contribution in [2.45, 2.75) is 52.4 Å². The highest BCUT2D eigenvalue weighted by Crippen LogP contribution is 2.04. The lowest BCUT2D eigenvalue weighted by Gasteiger charge is -2.01. The van der Waals surface area contributed by atoms with Crippen molar-refractivity contribution < 1.29 is 14.3 Å². The van der Waals surface area contributed by atoms with Gasteiger partial charge in [0.25, 0.3) is 0 Å². The predicted octanol–water partition coefficient (Wildman–Crippen LogP) is 2.48. The summed E-state index contributed by atoms with van der Waals surface area (Å²) in [5, 5.41) is 0. The highest BCUT2D eigenvalue weighted by Gasteiger charge is 2.06. The summed E-state index contributed by atoms with van der Waals surface area (Å²) in [6.07, 6.45) is 4.32. The third-order valence-electron chi connectivity index (χ3n) is 1.97. The second kappa shape index (κ2) is 8.73. The van der Waals surface area contributed by atoms with Gasteiger partial charge in [0.05, 0.1) is 13.0 Å². The first-order valence-electron chi connectivity index (χ1n) is 5.38. The summed E-state index contributed by atoms with van der Waals surface area (Å²) >= 11 is 0. The van der Waals surface area contributed by atoms with Gasteiger partial charge in [0.15, 0.2) is 0 Å². The molecule has 0 heterocycles.